The van der Waals surface area contributed by atoms with Crippen LogP contribution in [0.25, 0.3) is 0 Å². The summed E-state index contributed by atoms with van der Waals surface area (Å²) >= 11 is 11.8. The lowest BCUT2D eigenvalue weighted by Gasteiger charge is -2.18. The Morgan fingerprint density at radius 1 is 1.44 bits per heavy atom. The van der Waals surface area contributed by atoms with Crippen LogP contribution in [0.15, 0.2) is 18.2 Å². The zero-order chi connectivity index (χ0) is 13.7. The molecule has 1 amide bonds. The molecular formula is C12H16Cl2N2O2. The van der Waals surface area contributed by atoms with Crippen molar-refractivity contribution in [3.8, 4) is 5.75 Å². The molecule has 4 nitrogen and oxygen atoms in total. The highest BCUT2D eigenvalue weighted by Gasteiger charge is 2.18. The Morgan fingerprint density at radius 2 is 2.11 bits per heavy atom. The van der Waals surface area contributed by atoms with Gasteiger partial charge < -0.3 is 15.8 Å². The van der Waals surface area contributed by atoms with Gasteiger partial charge in [-0.05, 0) is 26.0 Å². The SMILES string of the molecule is CC(Oc1cccc(Cl)c1Cl)C(=O)N[C@@H](C)CN. The lowest BCUT2D eigenvalue weighted by Crippen LogP contribution is -2.44. The second kappa shape index (κ2) is 6.83. The summed E-state index contributed by atoms with van der Waals surface area (Å²) in [4.78, 5) is 11.7. The van der Waals surface area contributed by atoms with Crippen molar-refractivity contribution in [2.75, 3.05) is 6.54 Å². The molecule has 6 heteroatoms. The van der Waals surface area contributed by atoms with E-state index in [0.717, 1.165) is 0 Å². The molecule has 18 heavy (non-hydrogen) atoms. The second-order valence-corrected chi connectivity index (χ2v) is 4.74. The number of rotatable bonds is 5. The first-order chi connectivity index (χ1) is 8.45. The van der Waals surface area contributed by atoms with E-state index in [0.29, 0.717) is 22.3 Å². The number of hydrogen-bond acceptors (Lipinski definition) is 3. The number of nitrogens with two attached hydrogens (primary N) is 1. The van der Waals surface area contributed by atoms with Crippen molar-refractivity contribution in [1.82, 2.24) is 5.32 Å². The van der Waals surface area contributed by atoms with Gasteiger partial charge in [0, 0.05) is 12.6 Å². The number of ether oxygens (including phenoxy) is 1. The molecule has 0 fully saturated rings. The van der Waals surface area contributed by atoms with E-state index >= 15 is 0 Å². The molecule has 0 heterocycles. The minimum atomic E-state index is -0.671. The maximum absolute atomic E-state index is 11.7. The summed E-state index contributed by atoms with van der Waals surface area (Å²) in [6, 6.07) is 4.91. The molecule has 2 atom stereocenters. The van der Waals surface area contributed by atoms with Crippen molar-refractivity contribution in [3.05, 3.63) is 28.2 Å². The van der Waals surface area contributed by atoms with Crippen LogP contribution in [0.1, 0.15) is 13.8 Å². The molecule has 0 spiro atoms. The van der Waals surface area contributed by atoms with E-state index < -0.39 is 6.10 Å². The van der Waals surface area contributed by atoms with Crippen molar-refractivity contribution in [2.24, 2.45) is 5.73 Å². The fourth-order valence-electron chi connectivity index (χ4n) is 1.24. The summed E-state index contributed by atoms with van der Waals surface area (Å²) in [5, 5.41) is 3.40. The lowest BCUT2D eigenvalue weighted by atomic mass is 10.3. The van der Waals surface area contributed by atoms with Crippen LogP contribution >= 0.6 is 23.2 Å². The maximum Gasteiger partial charge on any atom is 0.261 e. The van der Waals surface area contributed by atoms with Crippen LogP contribution in [-0.2, 0) is 4.79 Å². The zero-order valence-electron chi connectivity index (χ0n) is 10.2. The third-order valence-electron chi connectivity index (χ3n) is 2.33. The summed E-state index contributed by atoms with van der Waals surface area (Å²) < 4.78 is 5.46. The number of amides is 1. The molecule has 3 N–H and O–H groups in total. The molecule has 0 saturated heterocycles. The van der Waals surface area contributed by atoms with Crippen molar-refractivity contribution in [1.29, 1.82) is 0 Å². The summed E-state index contributed by atoms with van der Waals surface area (Å²) in [5.41, 5.74) is 5.42. The topological polar surface area (TPSA) is 64.3 Å². The van der Waals surface area contributed by atoms with E-state index in [1.165, 1.54) is 0 Å². The third kappa shape index (κ3) is 4.05. The van der Waals surface area contributed by atoms with E-state index in [1.54, 1.807) is 25.1 Å². The molecule has 1 unspecified atom stereocenters. The third-order valence-corrected chi connectivity index (χ3v) is 3.13. The molecule has 0 aliphatic rings. The van der Waals surface area contributed by atoms with Gasteiger partial charge in [0.05, 0.1) is 5.02 Å². The quantitative estimate of drug-likeness (QED) is 0.874. The van der Waals surface area contributed by atoms with E-state index in [1.807, 2.05) is 6.92 Å². The number of carbonyl (C=O) groups excluding carboxylic acids is 1. The molecule has 0 saturated carbocycles. The Hall–Kier alpha value is -0.970. The first-order valence-electron chi connectivity index (χ1n) is 5.56. The molecule has 0 radical (unpaired) electrons. The van der Waals surface area contributed by atoms with Crippen molar-refractivity contribution >= 4 is 29.1 Å². The van der Waals surface area contributed by atoms with Gasteiger partial charge in [-0.3, -0.25) is 4.79 Å². The molecule has 1 aromatic carbocycles. The molecule has 0 bridgehead atoms. The molecule has 0 aromatic heterocycles. The Bertz CT molecular complexity index is 427. The van der Waals surface area contributed by atoms with Crippen LogP contribution in [0.4, 0.5) is 0 Å². The summed E-state index contributed by atoms with van der Waals surface area (Å²) in [6.45, 7) is 3.82. The molecule has 100 valence electrons. The predicted octanol–water partition coefficient (Wildman–Crippen LogP) is 2.22. The average molecular weight is 291 g/mol. The van der Waals surface area contributed by atoms with Crippen molar-refractivity contribution in [2.45, 2.75) is 26.0 Å². The Balaban J connectivity index is 2.67. The van der Waals surface area contributed by atoms with E-state index in [-0.39, 0.29) is 11.9 Å². The maximum atomic E-state index is 11.7. The number of benzene rings is 1. The van der Waals surface area contributed by atoms with Gasteiger partial charge in [0.25, 0.3) is 5.91 Å². The minimum Gasteiger partial charge on any atom is -0.479 e. The summed E-state index contributed by atoms with van der Waals surface area (Å²) in [6.07, 6.45) is -0.671. The standard InChI is InChI=1S/C12H16Cl2N2O2/c1-7(6-15)16-12(17)8(2)18-10-5-3-4-9(13)11(10)14/h3-5,7-8H,6,15H2,1-2H3,(H,16,17)/t7-,8?/m0/s1. The van der Waals surface area contributed by atoms with Gasteiger partial charge in [-0.2, -0.15) is 0 Å². The monoisotopic (exact) mass is 290 g/mol. The molecule has 1 aromatic rings. The normalized spacial score (nSPS) is 13.8. The molecule has 1 rings (SSSR count). The molecule has 0 aliphatic carbocycles. The van der Waals surface area contributed by atoms with Crippen molar-refractivity contribution < 1.29 is 9.53 Å². The van der Waals surface area contributed by atoms with Crippen LogP contribution in [0.3, 0.4) is 0 Å². The molecule has 0 aliphatic heterocycles. The first-order valence-corrected chi connectivity index (χ1v) is 6.32. The van der Waals surface area contributed by atoms with E-state index in [4.69, 9.17) is 33.7 Å². The van der Waals surface area contributed by atoms with Crippen LogP contribution < -0.4 is 15.8 Å². The number of hydrogen-bond donors (Lipinski definition) is 2. The van der Waals surface area contributed by atoms with Gasteiger partial charge >= 0.3 is 0 Å². The second-order valence-electron chi connectivity index (χ2n) is 3.96. The van der Waals surface area contributed by atoms with Gasteiger partial charge in [0.15, 0.2) is 6.10 Å². The number of nitrogens with one attached hydrogen (secondary N) is 1. The highest BCUT2D eigenvalue weighted by atomic mass is 35.5. The summed E-state index contributed by atoms with van der Waals surface area (Å²) in [7, 11) is 0. The minimum absolute atomic E-state index is 0.0987. The smallest absolute Gasteiger partial charge is 0.261 e. The van der Waals surface area contributed by atoms with E-state index in [9.17, 15) is 4.79 Å². The number of halogens is 2. The van der Waals surface area contributed by atoms with Crippen LogP contribution in [0.5, 0.6) is 5.75 Å². The average Bonchev–Trinajstić information content (AvgIpc) is 2.34. The fourth-order valence-corrected chi connectivity index (χ4v) is 1.57. The van der Waals surface area contributed by atoms with Crippen LogP contribution in [0, 0.1) is 0 Å². The van der Waals surface area contributed by atoms with Gasteiger partial charge in [-0.15, -0.1) is 0 Å². The zero-order valence-corrected chi connectivity index (χ0v) is 11.8. The highest BCUT2D eigenvalue weighted by Crippen LogP contribution is 2.32. The van der Waals surface area contributed by atoms with Gasteiger partial charge in [0.2, 0.25) is 0 Å². The largest absolute Gasteiger partial charge is 0.479 e. The lowest BCUT2D eigenvalue weighted by molar-refractivity contribution is -0.127. The van der Waals surface area contributed by atoms with E-state index in [2.05, 4.69) is 5.32 Å². The van der Waals surface area contributed by atoms with Gasteiger partial charge in [-0.25, -0.2) is 0 Å². The highest BCUT2D eigenvalue weighted by molar-refractivity contribution is 6.42. The Morgan fingerprint density at radius 3 is 2.72 bits per heavy atom. The predicted molar refractivity (Wildman–Crippen MR) is 73.2 cm³/mol. The Kier molecular flexibility index (Phi) is 5.72. The van der Waals surface area contributed by atoms with Crippen LogP contribution in [0.2, 0.25) is 10.0 Å². The van der Waals surface area contributed by atoms with Crippen molar-refractivity contribution in [3.63, 3.8) is 0 Å². The van der Waals surface area contributed by atoms with Gasteiger partial charge in [-0.1, -0.05) is 29.3 Å². The fraction of sp³-hybridized carbons (Fsp3) is 0.417. The van der Waals surface area contributed by atoms with Crippen LogP contribution in [-0.4, -0.2) is 24.6 Å². The number of carbonyl (C=O) groups is 1. The van der Waals surface area contributed by atoms with Gasteiger partial charge in [0.1, 0.15) is 10.8 Å². The molecular weight excluding hydrogens is 275 g/mol. The summed E-state index contributed by atoms with van der Waals surface area (Å²) in [5.74, 6) is 0.135. The first kappa shape index (κ1) is 15.1. The Labute approximate surface area is 116 Å².